The summed E-state index contributed by atoms with van der Waals surface area (Å²) in [6.45, 7) is 1.31. The van der Waals surface area contributed by atoms with E-state index in [0.29, 0.717) is 18.7 Å². The van der Waals surface area contributed by atoms with Crippen molar-refractivity contribution in [2.75, 3.05) is 13.2 Å². The van der Waals surface area contributed by atoms with E-state index in [4.69, 9.17) is 4.74 Å². The van der Waals surface area contributed by atoms with Crippen molar-refractivity contribution < 1.29 is 22.7 Å². The van der Waals surface area contributed by atoms with E-state index in [1.54, 1.807) is 10.6 Å². The van der Waals surface area contributed by atoms with E-state index < -0.39 is 29.0 Å². The van der Waals surface area contributed by atoms with Gasteiger partial charge in [-0.25, -0.2) is 14.2 Å². The van der Waals surface area contributed by atoms with Crippen LogP contribution in [-0.4, -0.2) is 43.5 Å². The summed E-state index contributed by atoms with van der Waals surface area (Å²) in [5.41, 5.74) is -0.410. The summed E-state index contributed by atoms with van der Waals surface area (Å²) in [5.74, 6) is -0.629. The number of rotatable bonds is 2. The van der Waals surface area contributed by atoms with E-state index in [-0.39, 0.29) is 16.8 Å². The Morgan fingerprint density at radius 2 is 1.97 bits per heavy atom. The summed E-state index contributed by atoms with van der Waals surface area (Å²) in [6.07, 6.45) is -1.49. The van der Waals surface area contributed by atoms with Gasteiger partial charge >= 0.3 is 6.18 Å². The standard InChI is InChI=1S/C20H16F3N5O3/c21-20(22,23)17-3-1-2-14(24-17)19(30)28-16-9-12-8-15(11-4-6-31-7-5-11)25-27(12)10-13(16)18(29)26-28/h1-3,8-11H,4-7H2,(H,26,29). The second kappa shape index (κ2) is 7.05. The Balaban J connectivity index is 1.59. The molecule has 0 aromatic carbocycles. The van der Waals surface area contributed by atoms with Crippen molar-refractivity contribution in [3.63, 3.8) is 0 Å². The first-order valence-corrected chi connectivity index (χ1v) is 9.62. The van der Waals surface area contributed by atoms with Crippen LogP contribution in [0.4, 0.5) is 13.2 Å². The highest BCUT2D eigenvalue weighted by Crippen LogP contribution is 2.29. The van der Waals surface area contributed by atoms with Crippen molar-refractivity contribution in [2.24, 2.45) is 0 Å². The van der Waals surface area contributed by atoms with Crippen LogP contribution in [0.5, 0.6) is 0 Å². The van der Waals surface area contributed by atoms with Gasteiger partial charge in [0.15, 0.2) is 0 Å². The number of carbonyl (C=O) groups excluding carboxylic acids is 1. The first-order chi connectivity index (χ1) is 14.8. The van der Waals surface area contributed by atoms with Gasteiger partial charge in [-0.1, -0.05) is 6.07 Å². The van der Waals surface area contributed by atoms with E-state index in [9.17, 15) is 22.8 Å². The fourth-order valence-corrected chi connectivity index (χ4v) is 3.81. The van der Waals surface area contributed by atoms with E-state index in [1.807, 2.05) is 6.07 Å². The predicted octanol–water partition coefficient (Wildman–Crippen LogP) is 2.97. The number of nitrogens with zero attached hydrogens (tertiary/aromatic N) is 4. The lowest BCUT2D eigenvalue weighted by molar-refractivity contribution is -0.141. The molecule has 5 rings (SSSR count). The molecule has 1 fully saturated rings. The highest BCUT2D eigenvalue weighted by atomic mass is 19.4. The summed E-state index contributed by atoms with van der Waals surface area (Å²) in [7, 11) is 0. The van der Waals surface area contributed by atoms with E-state index in [2.05, 4.69) is 15.2 Å². The summed E-state index contributed by atoms with van der Waals surface area (Å²) in [6, 6.07) is 6.53. The maximum Gasteiger partial charge on any atom is 0.433 e. The number of alkyl halides is 3. The van der Waals surface area contributed by atoms with E-state index in [0.717, 1.165) is 35.4 Å². The minimum atomic E-state index is -4.69. The molecule has 4 aromatic heterocycles. The Hall–Kier alpha value is -3.47. The third kappa shape index (κ3) is 3.40. The van der Waals surface area contributed by atoms with Gasteiger partial charge in [0.2, 0.25) is 0 Å². The lowest BCUT2D eigenvalue weighted by Crippen LogP contribution is -2.19. The molecule has 0 saturated carbocycles. The molecule has 0 aliphatic carbocycles. The van der Waals surface area contributed by atoms with Crippen LogP contribution < -0.4 is 5.56 Å². The molecule has 1 aliphatic rings. The molecule has 0 unspecified atom stereocenters. The van der Waals surface area contributed by atoms with Crippen molar-refractivity contribution in [1.29, 1.82) is 0 Å². The zero-order valence-electron chi connectivity index (χ0n) is 16.0. The Morgan fingerprint density at radius 1 is 1.19 bits per heavy atom. The topological polar surface area (TPSA) is 94.3 Å². The van der Waals surface area contributed by atoms with Gasteiger partial charge in [0.1, 0.15) is 11.4 Å². The largest absolute Gasteiger partial charge is 0.433 e. The Kier molecular flexibility index (Phi) is 4.43. The van der Waals surface area contributed by atoms with Gasteiger partial charge in [-0.15, -0.1) is 0 Å². The number of ether oxygens (including phenoxy) is 1. The van der Waals surface area contributed by atoms with Crippen LogP contribution in [0, 0.1) is 0 Å². The molecule has 0 spiro atoms. The van der Waals surface area contributed by atoms with Gasteiger partial charge < -0.3 is 4.74 Å². The number of aromatic amines is 1. The smallest absolute Gasteiger partial charge is 0.381 e. The Labute approximate surface area is 172 Å². The lowest BCUT2D eigenvalue weighted by Gasteiger charge is -2.19. The number of carbonyl (C=O) groups is 1. The maximum atomic E-state index is 13.0. The fraction of sp³-hybridized carbons (Fsp3) is 0.300. The van der Waals surface area contributed by atoms with E-state index >= 15 is 0 Å². The molecule has 0 atom stereocenters. The predicted molar refractivity (Wildman–Crippen MR) is 103 cm³/mol. The average molecular weight is 431 g/mol. The van der Waals surface area contributed by atoms with Crippen molar-refractivity contribution >= 4 is 22.3 Å². The van der Waals surface area contributed by atoms with Gasteiger partial charge in [-0.3, -0.25) is 14.7 Å². The minimum Gasteiger partial charge on any atom is -0.381 e. The molecule has 11 heteroatoms. The number of aromatic nitrogens is 5. The molecule has 0 radical (unpaired) electrons. The molecule has 1 N–H and O–H groups in total. The van der Waals surface area contributed by atoms with Crippen LogP contribution in [-0.2, 0) is 10.9 Å². The van der Waals surface area contributed by atoms with Crippen molar-refractivity contribution in [3.8, 4) is 0 Å². The molecule has 31 heavy (non-hydrogen) atoms. The minimum absolute atomic E-state index is 0.189. The van der Waals surface area contributed by atoms with Crippen LogP contribution in [0.2, 0.25) is 0 Å². The monoisotopic (exact) mass is 431 g/mol. The number of halogens is 3. The Morgan fingerprint density at radius 3 is 2.71 bits per heavy atom. The molecule has 1 saturated heterocycles. The summed E-state index contributed by atoms with van der Waals surface area (Å²) < 4.78 is 46.8. The lowest BCUT2D eigenvalue weighted by atomic mass is 9.97. The molecule has 0 amide bonds. The fourth-order valence-electron chi connectivity index (χ4n) is 3.81. The molecular weight excluding hydrogens is 415 g/mol. The van der Waals surface area contributed by atoms with Crippen molar-refractivity contribution in [3.05, 3.63) is 64.0 Å². The zero-order chi connectivity index (χ0) is 21.8. The molecule has 1 aliphatic heterocycles. The second-order valence-corrected chi connectivity index (χ2v) is 7.38. The third-order valence-corrected chi connectivity index (χ3v) is 5.40. The molecule has 8 nitrogen and oxygen atoms in total. The summed E-state index contributed by atoms with van der Waals surface area (Å²) >= 11 is 0. The Bertz CT molecular complexity index is 1360. The van der Waals surface area contributed by atoms with Gasteiger partial charge in [-0.05, 0) is 37.1 Å². The molecule has 0 bridgehead atoms. The van der Waals surface area contributed by atoms with Gasteiger partial charge in [0, 0.05) is 25.3 Å². The van der Waals surface area contributed by atoms with Crippen LogP contribution >= 0.6 is 0 Å². The van der Waals surface area contributed by atoms with Crippen LogP contribution in [0.1, 0.15) is 40.6 Å². The highest BCUT2D eigenvalue weighted by molar-refractivity contribution is 6.00. The number of pyridine rings is 2. The number of hydrogen-bond acceptors (Lipinski definition) is 5. The summed E-state index contributed by atoms with van der Waals surface area (Å²) in [5, 5.41) is 7.13. The number of H-pyrrole nitrogens is 1. The van der Waals surface area contributed by atoms with Crippen LogP contribution in [0.15, 0.2) is 41.3 Å². The van der Waals surface area contributed by atoms with Crippen molar-refractivity contribution in [2.45, 2.75) is 24.9 Å². The first kappa shape index (κ1) is 19.5. The highest BCUT2D eigenvalue weighted by Gasteiger charge is 2.33. The number of hydrogen-bond donors (Lipinski definition) is 1. The number of fused-ring (bicyclic) bond motifs is 2. The second-order valence-electron chi connectivity index (χ2n) is 7.38. The van der Waals surface area contributed by atoms with Crippen LogP contribution in [0.3, 0.4) is 0 Å². The SMILES string of the molecule is O=C(c1cccc(C(F)(F)F)n1)n1[nH]c(=O)c2cn3nc(C4CCOCC4)cc3cc21. The summed E-state index contributed by atoms with van der Waals surface area (Å²) in [4.78, 5) is 28.7. The molecule has 4 aromatic rings. The quantitative estimate of drug-likeness (QED) is 0.527. The molecule has 5 heterocycles. The van der Waals surface area contributed by atoms with E-state index in [1.165, 1.54) is 12.3 Å². The third-order valence-electron chi connectivity index (χ3n) is 5.40. The average Bonchev–Trinajstić information content (AvgIpc) is 3.32. The van der Waals surface area contributed by atoms with Crippen molar-refractivity contribution in [1.82, 2.24) is 24.4 Å². The normalized spacial score (nSPS) is 15.7. The first-order valence-electron chi connectivity index (χ1n) is 9.62. The maximum absolute atomic E-state index is 13.0. The van der Waals surface area contributed by atoms with Crippen LogP contribution in [0.25, 0.3) is 16.4 Å². The van der Waals surface area contributed by atoms with Gasteiger partial charge in [-0.2, -0.15) is 18.3 Å². The zero-order valence-corrected chi connectivity index (χ0v) is 16.0. The van der Waals surface area contributed by atoms with Gasteiger partial charge in [0.25, 0.3) is 11.5 Å². The van der Waals surface area contributed by atoms with Gasteiger partial charge in [0.05, 0.1) is 22.1 Å². The molecule has 160 valence electrons. The molecular formula is C20H16F3N5O3. The number of nitrogens with one attached hydrogen (secondary N) is 1.